The van der Waals surface area contributed by atoms with Crippen LogP contribution in [-0.2, 0) is 0 Å². The molecule has 0 N–H and O–H groups in total. The number of rotatable bonds is 3. The largest absolute Gasteiger partial charge is 0.309 e. The van der Waals surface area contributed by atoms with Crippen LogP contribution in [0.15, 0.2) is 54.7 Å². The molecule has 0 bridgehead atoms. The zero-order chi connectivity index (χ0) is 18.0. The summed E-state index contributed by atoms with van der Waals surface area (Å²) in [6, 6.07) is 15.6. The highest BCUT2D eigenvalue weighted by Gasteiger charge is 2.19. The predicted molar refractivity (Wildman–Crippen MR) is 97.5 cm³/mol. The average Bonchev–Trinajstić information content (AvgIpc) is 3.10. The summed E-state index contributed by atoms with van der Waals surface area (Å²) in [6.07, 6.45) is 1.66. The van der Waals surface area contributed by atoms with Gasteiger partial charge in [0.05, 0.1) is 22.0 Å². The fraction of sp³-hybridized carbons (Fsp3) is 0.0556. The van der Waals surface area contributed by atoms with Crippen molar-refractivity contribution in [3.8, 4) is 11.8 Å². The van der Waals surface area contributed by atoms with Gasteiger partial charge in [-0.25, -0.2) is 4.68 Å². The van der Waals surface area contributed by atoms with E-state index >= 15 is 0 Å². The van der Waals surface area contributed by atoms with Gasteiger partial charge < -0.3 is 4.90 Å². The van der Waals surface area contributed by atoms with Crippen LogP contribution in [0.1, 0.15) is 16.1 Å². The second-order valence-electron chi connectivity index (χ2n) is 5.23. The van der Waals surface area contributed by atoms with Gasteiger partial charge >= 0.3 is 0 Å². The highest BCUT2D eigenvalue weighted by atomic mass is 35.5. The van der Waals surface area contributed by atoms with E-state index in [9.17, 15) is 10.1 Å². The zero-order valence-electron chi connectivity index (χ0n) is 13.1. The lowest BCUT2D eigenvalue weighted by Crippen LogP contribution is -2.27. The second kappa shape index (κ2) is 6.98. The molecule has 1 heterocycles. The smallest absolute Gasteiger partial charge is 0.278 e. The summed E-state index contributed by atoms with van der Waals surface area (Å²) in [6.45, 7) is 0. The molecule has 0 saturated heterocycles. The Morgan fingerprint density at radius 2 is 1.96 bits per heavy atom. The molecule has 0 unspecified atom stereocenters. The highest BCUT2D eigenvalue weighted by Crippen LogP contribution is 2.25. The maximum absolute atomic E-state index is 12.7. The van der Waals surface area contributed by atoms with Gasteiger partial charge in [0.25, 0.3) is 5.91 Å². The van der Waals surface area contributed by atoms with E-state index in [1.165, 1.54) is 9.58 Å². The van der Waals surface area contributed by atoms with Crippen LogP contribution in [0.2, 0.25) is 10.0 Å². The monoisotopic (exact) mass is 370 g/mol. The molecule has 0 radical (unpaired) electrons. The van der Waals surface area contributed by atoms with Crippen molar-refractivity contribution in [1.82, 2.24) is 9.78 Å². The van der Waals surface area contributed by atoms with Gasteiger partial charge in [-0.2, -0.15) is 10.4 Å². The van der Waals surface area contributed by atoms with E-state index in [-0.39, 0.29) is 11.6 Å². The van der Waals surface area contributed by atoms with Crippen molar-refractivity contribution in [1.29, 1.82) is 5.26 Å². The molecule has 1 amide bonds. The minimum Gasteiger partial charge on any atom is -0.309 e. The summed E-state index contributed by atoms with van der Waals surface area (Å²) < 4.78 is 1.53. The lowest BCUT2D eigenvalue weighted by molar-refractivity contribution is 0.0988. The third-order valence-electron chi connectivity index (χ3n) is 3.65. The number of benzene rings is 2. The van der Waals surface area contributed by atoms with E-state index in [0.717, 1.165) is 0 Å². The SMILES string of the molecule is CN(C(=O)c1ccn(-c2ccccc2Cl)n1)c1cc(Cl)ccc1C#N. The molecular weight excluding hydrogens is 359 g/mol. The lowest BCUT2D eigenvalue weighted by Gasteiger charge is -2.17. The molecular formula is C18H12Cl2N4O. The van der Waals surface area contributed by atoms with E-state index < -0.39 is 0 Å². The maximum Gasteiger partial charge on any atom is 0.278 e. The summed E-state index contributed by atoms with van der Waals surface area (Å²) in [5.41, 5.74) is 1.68. The Hall–Kier alpha value is -2.81. The first kappa shape index (κ1) is 17.0. The fourth-order valence-corrected chi connectivity index (χ4v) is 2.76. The first-order chi connectivity index (χ1) is 12.0. The van der Waals surface area contributed by atoms with Crippen LogP contribution in [0, 0.1) is 11.3 Å². The van der Waals surface area contributed by atoms with Crippen molar-refractivity contribution in [2.45, 2.75) is 0 Å². The van der Waals surface area contributed by atoms with Crippen molar-refractivity contribution < 1.29 is 4.79 Å². The standard InChI is InChI=1S/C18H12Cl2N4O/c1-23(17-10-13(19)7-6-12(17)11-21)18(25)15-8-9-24(22-15)16-5-3-2-4-14(16)20/h2-10H,1H3. The van der Waals surface area contributed by atoms with Crippen LogP contribution in [0.3, 0.4) is 0 Å². The summed E-state index contributed by atoms with van der Waals surface area (Å²) in [7, 11) is 1.57. The number of nitriles is 1. The molecule has 0 aliphatic carbocycles. The van der Waals surface area contributed by atoms with E-state index in [0.29, 0.717) is 27.0 Å². The number of amides is 1. The Morgan fingerprint density at radius 3 is 2.68 bits per heavy atom. The number of nitrogens with zero attached hydrogens (tertiary/aromatic N) is 4. The first-order valence-electron chi connectivity index (χ1n) is 7.29. The van der Waals surface area contributed by atoms with Gasteiger partial charge in [0.1, 0.15) is 6.07 Å². The number of halogens is 2. The molecule has 5 nitrogen and oxygen atoms in total. The predicted octanol–water partition coefficient (Wildman–Crippen LogP) is 4.33. The number of hydrogen-bond acceptors (Lipinski definition) is 3. The van der Waals surface area contributed by atoms with Gasteiger partial charge in [-0.05, 0) is 36.4 Å². The molecule has 0 fully saturated rings. The molecule has 0 saturated carbocycles. The lowest BCUT2D eigenvalue weighted by atomic mass is 10.1. The van der Waals surface area contributed by atoms with Crippen molar-refractivity contribution in [2.75, 3.05) is 11.9 Å². The van der Waals surface area contributed by atoms with E-state index in [2.05, 4.69) is 11.2 Å². The molecule has 1 aromatic heterocycles. The van der Waals surface area contributed by atoms with Crippen LogP contribution in [0.4, 0.5) is 5.69 Å². The van der Waals surface area contributed by atoms with Gasteiger partial charge in [-0.3, -0.25) is 4.79 Å². The highest BCUT2D eigenvalue weighted by molar-refractivity contribution is 6.32. The van der Waals surface area contributed by atoms with Crippen molar-refractivity contribution in [3.05, 3.63) is 76.0 Å². The number of carbonyl (C=O) groups is 1. The number of para-hydroxylation sites is 1. The zero-order valence-corrected chi connectivity index (χ0v) is 14.7. The number of anilines is 1. The number of aromatic nitrogens is 2. The second-order valence-corrected chi connectivity index (χ2v) is 6.08. The molecule has 7 heteroatoms. The first-order valence-corrected chi connectivity index (χ1v) is 8.05. The summed E-state index contributed by atoms with van der Waals surface area (Å²) in [5.74, 6) is -0.357. The number of carbonyl (C=O) groups excluding carboxylic acids is 1. The van der Waals surface area contributed by atoms with E-state index in [4.69, 9.17) is 23.2 Å². The summed E-state index contributed by atoms with van der Waals surface area (Å²) >= 11 is 12.1. The van der Waals surface area contributed by atoms with Crippen LogP contribution in [0.5, 0.6) is 0 Å². The molecule has 0 atom stereocenters. The molecule has 2 aromatic carbocycles. The van der Waals surface area contributed by atoms with E-state index in [1.807, 2.05) is 12.1 Å². The molecule has 0 spiro atoms. The Labute approximate surface area is 154 Å². The van der Waals surface area contributed by atoms with E-state index in [1.54, 1.807) is 49.6 Å². The van der Waals surface area contributed by atoms with Crippen LogP contribution >= 0.6 is 23.2 Å². The molecule has 124 valence electrons. The number of hydrogen-bond donors (Lipinski definition) is 0. The van der Waals surface area contributed by atoms with Gasteiger partial charge in [0.15, 0.2) is 5.69 Å². The van der Waals surface area contributed by atoms with Gasteiger partial charge in [0, 0.05) is 18.3 Å². The van der Waals surface area contributed by atoms with Gasteiger partial charge in [-0.1, -0.05) is 35.3 Å². The van der Waals surface area contributed by atoms with Crippen molar-refractivity contribution in [2.24, 2.45) is 0 Å². The molecule has 3 aromatic rings. The molecule has 3 rings (SSSR count). The third-order valence-corrected chi connectivity index (χ3v) is 4.21. The Bertz CT molecular complexity index is 991. The Morgan fingerprint density at radius 1 is 1.20 bits per heavy atom. The topological polar surface area (TPSA) is 61.9 Å². The Kier molecular flexibility index (Phi) is 4.75. The van der Waals surface area contributed by atoms with Crippen LogP contribution in [-0.4, -0.2) is 22.7 Å². The normalized spacial score (nSPS) is 10.3. The molecule has 0 aliphatic heterocycles. The fourth-order valence-electron chi connectivity index (χ4n) is 2.37. The third kappa shape index (κ3) is 3.36. The molecule has 0 aliphatic rings. The average molecular weight is 371 g/mol. The minimum absolute atomic E-state index is 0.228. The van der Waals surface area contributed by atoms with Crippen LogP contribution in [0.25, 0.3) is 5.69 Å². The van der Waals surface area contributed by atoms with Crippen LogP contribution < -0.4 is 4.90 Å². The summed E-state index contributed by atoms with van der Waals surface area (Å²) in [5, 5.41) is 14.5. The van der Waals surface area contributed by atoms with Crippen molar-refractivity contribution >= 4 is 34.8 Å². The Balaban J connectivity index is 1.94. The van der Waals surface area contributed by atoms with Gasteiger partial charge in [-0.15, -0.1) is 0 Å². The summed E-state index contributed by atoms with van der Waals surface area (Å²) in [4.78, 5) is 14.1. The molecule has 25 heavy (non-hydrogen) atoms. The van der Waals surface area contributed by atoms with Crippen molar-refractivity contribution in [3.63, 3.8) is 0 Å². The maximum atomic E-state index is 12.7. The quantitative estimate of drug-likeness (QED) is 0.689. The minimum atomic E-state index is -0.357. The van der Waals surface area contributed by atoms with Gasteiger partial charge in [0.2, 0.25) is 0 Å².